The molecular weight excluding hydrogens is 724 g/mol. The average molecular weight is 785 g/mol. The van der Waals surface area contributed by atoms with E-state index in [4.69, 9.17) is 61.4 Å². The number of carbonyl (C=O) groups is 2. The minimum Gasteiger partial charge on any atom is -0.481 e. The largest absolute Gasteiger partial charge is 0.481 e. The Labute approximate surface area is 313 Å². The van der Waals surface area contributed by atoms with E-state index in [0.29, 0.717) is 132 Å². The SMILES string of the molecule is Cc1ccc(S(=O)(=O)OCCOCCOCCOCCOCCOCCOCCOCCOCCOCCOCCOC(=O)CCCCC(=O)O)cc1. The van der Waals surface area contributed by atoms with Crippen molar-refractivity contribution in [1.29, 1.82) is 0 Å². The van der Waals surface area contributed by atoms with E-state index in [-0.39, 0.29) is 50.1 Å². The number of hydrogen-bond donors (Lipinski definition) is 1. The molecule has 308 valence electrons. The summed E-state index contributed by atoms with van der Waals surface area (Å²) in [5.74, 6) is -1.22. The van der Waals surface area contributed by atoms with E-state index >= 15 is 0 Å². The lowest BCUT2D eigenvalue weighted by Gasteiger charge is -2.09. The van der Waals surface area contributed by atoms with Gasteiger partial charge < -0.3 is 57.2 Å². The van der Waals surface area contributed by atoms with Crippen LogP contribution in [0.5, 0.6) is 0 Å². The number of hydrogen-bond acceptors (Lipinski definition) is 16. The van der Waals surface area contributed by atoms with Crippen molar-refractivity contribution < 1.29 is 79.4 Å². The summed E-state index contributed by atoms with van der Waals surface area (Å²) in [5.41, 5.74) is 0.968. The lowest BCUT2D eigenvalue weighted by Crippen LogP contribution is -2.16. The first-order valence-corrected chi connectivity index (χ1v) is 19.3. The van der Waals surface area contributed by atoms with Gasteiger partial charge in [0.25, 0.3) is 10.1 Å². The van der Waals surface area contributed by atoms with Crippen molar-refractivity contribution in [3.8, 4) is 0 Å². The number of benzene rings is 1. The van der Waals surface area contributed by atoms with Gasteiger partial charge in [-0.1, -0.05) is 17.7 Å². The summed E-state index contributed by atoms with van der Waals surface area (Å²) in [6.07, 6.45) is 1.21. The van der Waals surface area contributed by atoms with Crippen molar-refractivity contribution in [1.82, 2.24) is 0 Å². The molecule has 0 bridgehead atoms. The fourth-order valence-corrected chi connectivity index (χ4v) is 4.78. The number of unbranched alkanes of at least 4 members (excludes halogenated alkanes) is 1. The van der Waals surface area contributed by atoms with E-state index in [1.807, 2.05) is 6.92 Å². The highest BCUT2D eigenvalue weighted by Gasteiger charge is 2.14. The van der Waals surface area contributed by atoms with E-state index < -0.39 is 16.1 Å². The summed E-state index contributed by atoms with van der Waals surface area (Å²) in [4.78, 5) is 22.0. The van der Waals surface area contributed by atoms with Gasteiger partial charge in [-0.2, -0.15) is 8.42 Å². The highest BCUT2D eigenvalue weighted by Crippen LogP contribution is 2.13. The summed E-state index contributed by atoms with van der Waals surface area (Å²) in [6, 6.07) is 6.46. The van der Waals surface area contributed by atoms with Crippen molar-refractivity contribution in [2.75, 3.05) is 145 Å². The minimum absolute atomic E-state index is 0.0532. The van der Waals surface area contributed by atoms with E-state index in [1.165, 1.54) is 12.1 Å². The maximum atomic E-state index is 12.1. The molecule has 17 nitrogen and oxygen atoms in total. The second-order valence-corrected chi connectivity index (χ2v) is 12.6. The van der Waals surface area contributed by atoms with Gasteiger partial charge in [0.05, 0.1) is 144 Å². The van der Waals surface area contributed by atoms with Crippen LogP contribution in [0, 0.1) is 6.92 Å². The van der Waals surface area contributed by atoms with Crippen LogP contribution < -0.4 is 0 Å². The predicted octanol–water partition coefficient (Wildman–Crippen LogP) is 2.05. The van der Waals surface area contributed by atoms with E-state index in [1.54, 1.807) is 12.1 Å². The zero-order valence-electron chi connectivity index (χ0n) is 31.1. The molecule has 1 aromatic carbocycles. The molecular formula is C35H60O17S. The first-order chi connectivity index (χ1) is 25.8. The summed E-state index contributed by atoms with van der Waals surface area (Å²) >= 11 is 0. The van der Waals surface area contributed by atoms with Gasteiger partial charge in [-0.25, -0.2) is 0 Å². The first kappa shape index (κ1) is 48.7. The second-order valence-electron chi connectivity index (χ2n) is 11.0. The minimum atomic E-state index is -3.78. The van der Waals surface area contributed by atoms with E-state index in [2.05, 4.69) is 0 Å². The summed E-state index contributed by atoms with van der Waals surface area (Å²) in [7, 11) is -3.78. The topological polar surface area (TPSA) is 199 Å². The van der Waals surface area contributed by atoms with Gasteiger partial charge in [0, 0.05) is 12.8 Å². The smallest absolute Gasteiger partial charge is 0.305 e. The molecule has 0 amide bonds. The maximum Gasteiger partial charge on any atom is 0.305 e. The molecule has 53 heavy (non-hydrogen) atoms. The molecule has 0 radical (unpaired) electrons. The third-order valence-electron chi connectivity index (χ3n) is 6.64. The fourth-order valence-electron chi connectivity index (χ4n) is 3.89. The van der Waals surface area contributed by atoms with E-state index in [9.17, 15) is 18.0 Å². The fraction of sp³-hybridized carbons (Fsp3) is 0.771. The van der Waals surface area contributed by atoms with Gasteiger partial charge in [-0.05, 0) is 31.9 Å². The summed E-state index contributed by atoms with van der Waals surface area (Å²) < 4.78 is 88.3. The molecule has 0 heterocycles. The van der Waals surface area contributed by atoms with Gasteiger partial charge in [0.1, 0.15) is 6.61 Å². The van der Waals surface area contributed by atoms with Crippen LogP contribution in [0.25, 0.3) is 0 Å². The standard InChI is InChI=1S/C35H60O17S/c1-32-6-8-33(9-7-32)53(39,40)52-31-29-50-27-25-48-23-21-46-19-17-44-15-13-42-11-10-41-12-14-43-16-18-45-20-22-47-24-26-49-28-30-51-35(38)5-3-2-4-34(36)37/h6-9H,2-5,10-31H2,1H3,(H,36,37). The Balaban J connectivity index is 1.68. The molecule has 0 atom stereocenters. The van der Waals surface area contributed by atoms with Crippen LogP contribution in [0.1, 0.15) is 31.2 Å². The number of aliphatic carboxylic acids is 1. The molecule has 0 aliphatic carbocycles. The Morgan fingerprint density at radius 3 is 1.11 bits per heavy atom. The number of ether oxygens (including phenoxy) is 11. The maximum absolute atomic E-state index is 12.1. The van der Waals surface area contributed by atoms with Crippen LogP contribution in [0.15, 0.2) is 29.2 Å². The molecule has 0 saturated heterocycles. The molecule has 1 N–H and O–H groups in total. The molecule has 0 saturated carbocycles. The van der Waals surface area contributed by atoms with Crippen molar-refractivity contribution >= 4 is 22.1 Å². The van der Waals surface area contributed by atoms with Gasteiger partial charge in [0.2, 0.25) is 0 Å². The molecule has 0 fully saturated rings. The Bertz CT molecular complexity index is 1100. The molecule has 0 aliphatic rings. The zero-order valence-corrected chi connectivity index (χ0v) is 31.9. The van der Waals surface area contributed by atoms with Crippen molar-refractivity contribution in [3.05, 3.63) is 29.8 Å². The predicted molar refractivity (Wildman–Crippen MR) is 190 cm³/mol. The Morgan fingerprint density at radius 2 is 0.774 bits per heavy atom. The number of carbonyl (C=O) groups excluding carboxylic acids is 1. The lowest BCUT2D eigenvalue weighted by atomic mass is 10.2. The van der Waals surface area contributed by atoms with Crippen LogP contribution in [0.3, 0.4) is 0 Å². The molecule has 0 aromatic heterocycles. The van der Waals surface area contributed by atoms with Gasteiger partial charge in [-0.3, -0.25) is 13.8 Å². The van der Waals surface area contributed by atoms with Gasteiger partial charge >= 0.3 is 11.9 Å². The molecule has 1 aromatic rings. The lowest BCUT2D eigenvalue weighted by molar-refractivity contribution is -0.146. The Kier molecular flexibility index (Phi) is 32.5. The zero-order chi connectivity index (χ0) is 38.5. The molecule has 1 rings (SSSR count). The number of carboxylic acids is 1. The number of esters is 1. The number of rotatable bonds is 40. The molecule has 0 spiro atoms. The Morgan fingerprint density at radius 1 is 0.472 bits per heavy atom. The van der Waals surface area contributed by atoms with Crippen LogP contribution >= 0.6 is 0 Å². The van der Waals surface area contributed by atoms with Crippen LogP contribution in [-0.2, 0) is 76.0 Å². The highest BCUT2D eigenvalue weighted by atomic mass is 32.2. The quantitative estimate of drug-likeness (QED) is 0.0576. The first-order valence-electron chi connectivity index (χ1n) is 17.9. The van der Waals surface area contributed by atoms with Crippen LogP contribution in [0.4, 0.5) is 0 Å². The third kappa shape index (κ3) is 32.8. The van der Waals surface area contributed by atoms with Crippen LogP contribution in [-0.4, -0.2) is 171 Å². The van der Waals surface area contributed by atoms with Crippen molar-refractivity contribution in [3.63, 3.8) is 0 Å². The summed E-state index contributed by atoms with van der Waals surface area (Å²) in [6.45, 7) is 10.0. The summed E-state index contributed by atoms with van der Waals surface area (Å²) in [5, 5.41) is 8.55. The Hall–Kier alpha value is -2.33. The van der Waals surface area contributed by atoms with Gasteiger partial charge in [0.15, 0.2) is 0 Å². The third-order valence-corrected chi connectivity index (χ3v) is 7.96. The molecule has 18 heteroatoms. The normalized spacial score (nSPS) is 11.6. The van der Waals surface area contributed by atoms with Crippen molar-refractivity contribution in [2.24, 2.45) is 0 Å². The number of carboxylic acid groups (broad SMARTS) is 1. The average Bonchev–Trinajstić information content (AvgIpc) is 3.13. The van der Waals surface area contributed by atoms with Gasteiger partial charge in [-0.15, -0.1) is 0 Å². The monoisotopic (exact) mass is 784 g/mol. The van der Waals surface area contributed by atoms with Crippen LogP contribution in [0.2, 0.25) is 0 Å². The molecule has 0 aliphatic heterocycles. The van der Waals surface area contributed by atoms with E-state index in [0.717, 1.165) is 5.56 Å². The second kappa shape index (κ2) is 35.4. The van der Waals surface area contributed by atoms with Crippen molar-refractivity contribution in [2.45, 2.75) is 37.5 Å². The number of aryl methyl sites for hydroxylation is 1. The molecule has 0 unspecified atom stereocenters. The highest BCUT2D eigenvalue weighted by molar-refractivity contribution is 7.86.